The van der Waals surface area contributed by atoms with Crippen LogP contribution in [0.4, 0.5) is 5.95 Å². The molecule has 0 aliphatic carbocycles. The molecule has 0 saturated carbocycles. The van der Waals surface area contributed by atoms with Crippen molar-refractivity contribution in [1.82, 2.24) is 19.5 Å². The number of H-pyrrole nitrogens is 1. The predicted octanol–water partition coefficient (Wildman–Crippen LogP) is -0.766. The van der Waals surface area contributed by atoms with Crippen LogP contribution in [0.15, 0.2) is 16.1 Å². The van der Waals surface area contributed by atoms with Crippen LogP contribution in [0.2, 0.25) is 0 Å². The SMILES string of the molecule is C[C@@H](O)C/C=N/c1nc2c(ncn2[C@H]2C[C@H](O)[C@@H](CO)O2)c(=O)[nH]1. The fourth-order valence-electron chi connectivity index (χ4n) is 2.53. The van der Waals surface area contributed by atoms with E-state index >= 15 is 0 Å². The van der Waals surface area contributed by atoms with Crippen LogP contribution in [0.25, 0.3) is 11.2 Å². The molecule has 0 aromatic carbocycles. The molecule has 1 aliphatic rings. The Balaban J connectivity index is 1.94. The van der Waals surface area contributed by atoms with Gasteiger partial charge in [-0.15, -0.1) is 0 Å². The molecule has 24 heavy (non-hydrogen) atoms. The summed E-state index contributed by atoms with van der Waals surface area (Å²) in [4.78, 5) is 26.9. The van der Waals surface area contributed by atoms with Crippen LogP contribution in [-0.2, 0) is 4.74 Å². The molecule has 0 amide bonds. The summed E-state index contributed by atoms with van der Waals surface area (Å²) in [6.45, 7) is 1.33. The Morgan fingerprint density at radius 2 is 2.42 bits per heavy atom. The topological polar surface area (TPSA) is 146 Å². The number of nitrogens with zero attached hydrogens (tertiary/aromatic N) is 4. The second-order valence-electron chi connectivity index (χ2n) is 5.72. The minimum atomic E-state index is -0.803. The summed E-state index contributed by atoms with van der Waals surface area (Å²) in [6, 6.07) is 0. The molecule has 0 spiro atoms. The van der Waals surface area contributed by atoms with Crippen molar-refractivity contribution in [2.75, 3.05) is 6.61 Å². The van der Waals surface area contributed by atoms with Crippen molar-refractivity contribution in [2.24, 2.45) is 4.99 Å². The van der Waals surface area contributed by atoms with Gasteiger partial charge in [0.05, 0.1) is 25.1 Å². The van der Waals surface area contributed by atoms with Crippen molar-refractivity contribution < 1.29 is 20.1 Å². The van der Waals surface area contributed by atoms with Gasteiger partial charge in [-0.1, -0.05) is 0 Å². The maximum atomic E-state index is 12.1. The van der Waals surface area contributed by atoms with Crippen LogP contribution in [0, 0.1) is 0 Å². The van der Waals surface area contributed by atoms with Crippen molar-refractivity contribution in [2.45, 2.75) is 44.3 Å². The van der Waals surface area contributed by atoms with Crippen LogP contribution in [0.3, 0.4) is 0 Å². The van der Waals surface area contributed by atoms with Gasteiger partial charge in [0.15, 0.2) is 11.2 Å². The highest BCUT2D eigenvalue weighted by molar-refractivity contribution is 5.71. The van der Waals surface area contributed by atoms with Crippen LogP contribution in [-0.4, -0.2) is 66.0 Å². The molecular weight excluding hydrogens is 318 g/mol. The fraction of sp³-hybridized carbons (Fsp3) is 0.571. The van der Waals surface area contributed by atoms with E-state index in [2.05, 4.69) is 19.9 Å². The minimum absolute atomic E-state index is 0.0900. The first-order valence-electron chi connectivity index (χ1n) is 7.61. The number of hydrogen-bond acceptors (Lipinski definition) is 8. The summed E-state index contributed by atoms with van der Waals surface area (Å²) in [7, 11) is 0. The van der Waals surface area contributed by atoms with Crippen molar-refractivity contribution in [3.8, 4) is 0 Å². The zero-order valence-corrected chi connectivity index (χ0v) is 13.0. The van der Waals surface area contributed by atoms with Gasteiger partial charge in [0.25, 0.3) is 5.56 Å². The summed E-state index contributed by atoms with van der Waals surface area (Å²) in [6.07, 6.45) is 0.855. The Morgan fingerprint density at radius 1 is 1.62 bits per heavy atom. The summed E-state index contributed by atoms with van der Waals surface area (Å²) in [5.41, 5.74) is -0.0334. The van der Waals surface area contributed by atoms with E-state index in [0.29, 0.717) is 6.42 Å². The molecule has 10 heteroatoms. The molecule has 0 unspecified atom stereocenters. The molecule has 3 heterocycles. The van der Waals surface area contributed by atoms with Crippen molar-refractivity contribution in [3.05, 3.63) is 16.7 Å². The summed E-state index contributed by atoms with van der Waals surface area (Å²) < 4.78 is 7.11. The molecule has 1 fully saturated rings. The molecule has 2 aromatic heterocycles. The number of hydrogen-bond donors (Lipinski definition) is 4. The van der Waals surface area contributed by atoms with Gasteiger partial charge in [0.1, 0.15) is 12.3 Å². The lowest BCUT2D eigenvalue weighted by atomic mass is 10.2. The van der Waals surface area contributed by atoms with Gasteiger partial charge >= 0.3 is 0 Å². The molecule has 130 valence electrons. The lowest BCUT2D eigenvalue weighted by molar-refractivity contribution is -0.0432. The van der Waals surface area contributed by atoms with Gasteiger partial charge in [0, 0.05) is 19.1 Å². The van der Waals surface area contributed by atoms with E-state index in [0.717, 1.165) is 0 Å². The Kier molecular flexibility index (Phi) is 4.71. The van der Waals surface area contributed by atoms with E-state index in [4.69, 9.17) is 4.74 Å². The van der Waals surface area contributed by atoms with Crippen molar-refractivity contribution in [3.63, 3.8) is 0 Å². The number of rotatable bonds is 5. The lowest BCUT2D eigenvalue weighted by Gasteiger charge is -2.13. The van der Waals surface area contributed by atoms with Gasteiger partial charge in [-0.3, -0.25) is 14.3 Å². The Labute approximate surface area is 136 Å². The summed E-state index contributed by atoms with van der Waals surface area (Å²) in [5.74, 6) is 0.0900. The van der Waals surface area contributed by atoms with Crippen LogP contribution in [0.5, 0.6) is 0 Å². The molecule has 4 atom stereocenters. The number of aromatic nitrogens is 4. The normalized spacial score (nSPS) is 25.8. The highest BCUT2D eigenvalue weighted by Crippen LogP contribution is 2.30. The van der Waals surface area contributed by atoms with E-state index in [1.165, 1.54) is 17.1 Å². The summed E-state index contributed by atoms with van der Waals surface area (Å²) >= 11 is 0. The third-order valence-electron chi connectivity index (χ3n) is 3.77. The molecule has 0 radical (unpaired) electrons. The predicted molar refractivity (Wildman–Crippen MR) is 84.2 cm³/mol. The molecule has 1 aliphatic heterocycles. The van der Waals surface area contributed by atoms with Crippen molar-refractivity contribution in [1.29, 1.82) is 0 Å². The molecule has 4 N–H and O–H groups in total. The van der Waals surface area contributed by atoms with E-state index in [-0.39, 0.29) is 30.1 Å². The molecule has 10 nitrogen and oxygen atoms in total. The molecule has 2 aromatic rings. The second kappa shape index (κ2) is 6.77. The highest BCUT2D eigenvalue weighted by atomic mass is 16.5. The fourth-order valence-corrected chi connectivity index (χ4v) is 2.53. The quantitative estimate of drug-likeness (QED) is 0.524. The monoisotopic (exact) mass is 337 g/mol. The highest BCUT2D eigenvalue weighted by Gasteiger charge is 2.35. The Hall–Kier alpha value is -2.14. The third kappa shape index (κ3) is 3.22. The first-order valence-corrected chi connectivity index (χ1v) is 7.61. The molecular formula is C14H19N5O5. The molecule has 0 bridgehead atoms. The number of aliphatic hydroxyl groups excluding tert-OH is 3. The molecule has 1 saturated heterocycles. The lowest BCUT2D eigenvalue weighted by Crippen LogP contribution is -2.24. The average Bonchev–Trinajstić information content (AvgIpc) is 3.10. The Morgan fingerprint density at radius 3 is 3.08 bits per heavy atom. The van der Waals surface area contributed by atoms with Gasteiger partial charge < -0.3 is 20.1 Å². The number of ether oxygens (including phenoxy) is 1. The molecule has 3 rings (SSSR count). The number of aromatic amines is 1. The Bertz CT molecular complexity index is 798. The standard InChI is InChI=1S/C14H19N5O5/c1-7(21)2-3-15-14-17-12-11(13(23)18-14)16-6-19(12)10-4-8(22)9(5-20)24-10/h3,6-10,20-22H,2,4-5H2,1H3,(H,17,18,23)/b15-3+/t7-,8+,9-,10-/m1/s1. The number of fused-ring (bicyclic) bond motifs is 1. The smallest absolute Gasteiger partial charge is 0.280 e. The first-order chi connectivity index (χ1) is 11.5. The number of aliphatic imine (C=N–C) groups is 1. The zero-order valence-electron chi connectivity index (χ0n) is 13.0. The zero-order chi connectivity index (χ0) is 17.3. The van der Waals surface area contributed by atoms with E-state index in [9.17, 15) is 20.1 Å². The van der Waals surface area contributed by atoms with Gasteiger partial charge in [0.2, 0.25) is 5.95 Å². The average molecular weight is 337 g/mol. The van der Waals surface area contributed by atoms with Crippen molar-refractivity contribution >= 4 is 23.3 Å². The van der Waals surface area contributed by atoms with Crippen LogP contribution in [0.1, 0.15) is 26.0 Å². The largest absolute Gasteiger partial charge is 0.394 e. The summed E-state index contributed by atoms with van der Waals surface area (Å²) in [5, 5.41) is 28.3. The third-order valence-corrected chi connectivity index (χ3v) is 3.77. The maximum Gasteiger partial charge on any atom is 0.280 e. The van der Waals surface area contributed by atoms with Gasteiger partial charge in [-0.05, 0) is 6.92 Å². The van der Waals surface area contributed by atoms with Crippen LogP contribution < -0.4 is 5.56 Å². The second-order valence-corrected chi connectivity index (χ2v) is 5.72. The van der Waals surface area contributed by atoms with Crippen LogP contribution >= 0.6 is 0 Å². The van der Waals surface area contributed by atoms with Gasteiger partial charge in [-0.25, -0.2) is 9.98 Å². The van der Waals surface area contributed by atoms with Gasteiger partial charge in [-0.2, -0.15) is 4.98 Å². The maximum absolute atomic E-state index is 12.1. The number of aliphatic hydroxyl groups is 3. The van der Waals surface area contributed by atoms with E-state index in [1.807, 2.05) is 0 Å². The minimum Gasteiger partial charge on any atom is -0.394 e. The number of nitrogens with one attached hydrogen (secondary N) is 1. The van der Waals surface area contributed by atoms with E-state index in [1.54, 1.807) is 6.92 Å². The first kappa shape index (κ1) is 16.7. The number of imidazole rings is 1. The van der Waals surface area contributed by atoms with E-state index < -0.39 is 30.1 Å².